The molecule has 0 atom stereocenters. The zero-order valence-corrected chi connectivity index (χ0v) is 18.1. The molecular weight excluding hydrogens is 438 g/mol. The number of nitrogens with one attached hydrogen (secondary N) is 1. The maximum atomic E-state index is 12.5. The molecule has 7 nitrogen and oxygen atoms in total. The van der Waals surface area contributed by atoms with Crippen LogP contribution < -0.4 is 14.8 Å². The standard InChI is InChI=1S/C22H20F2N4O3S/c1-13(2)14-3-5-15(6-4-14)30-12-28-10-9-18(27-28)20(29)26-22-25-17-8-7-16(31-21(23)24)11-19(17)32-22/h3-11,13,21H,12H2,1-2H3,(H,25,26,29). The fourth-order valence-electron chi connectivity index (χ4n) is 2.94. The van der Waals surface area contributed by atoms with E-state index < -0.39 is 12.5 Å². The third-order valence-electron chi connectivity index (χ3n) is 4.59. The summed E-state index contributed by atoms with van der Waals surface area (Å²) in [6.45, 7) is 1.50. The number of amides is 1. The molecule has 4 rings (SSSR count). The Labute approximate surface area is 186 Å². The van der Waals surface area contributed by atoms with Gasteiger partial charge in [0.05, 0.1) is 10.2 Å². The second-order valence-electron chi connectivity index (χ2n) is 7.22. The summed E-state index contributed by atoms with van der Waals surface area (Å²) in [6.07, 6.45) is 1.64. The summed E-state index contributed by atoms with van der Waals surface area (Å²) in [7, 11) is 0. The topological polar surface area (TPSA) is 78.3 Å². The molecular formula is C22H20F2N4O3S. The highest BCUT2D eigenvalue weighted by atomic mass is 32.1. The number of carbonyl (C=O) groups is 1. The summed E-state index contributed by atoms with van der Waals surface area (Å²) in [4.78, 5) is 16.8. The average molecular weight is 458 g/mol. The summed E-state index contributed by atoms with van der Waals surface area (Å²) in [5.41, 5.74) is 1.99. The summed E-state index contributed by atoms with van der Waals surface area (Å²) in [5, 5.41) is 7.22. The molecule has 0 unspecified atom stereocenters. The third kappa shape index (κ3) is 5.20. The van der Waals surface area contributed by atoms with Crippen molar-refractivity contribution in [2.45, 2.75) is 33.1 Å². The van der Waals surface area contributed by atoms with E-state index >= 15 is 0 Å². The number of thiazole rings is 1. The van der Waals surface area contributed by atoms with Gasteiger partial charge in [0.2, 0.25) is 0 Å². The minimum atomic E-state index is -2.90. The summed E-state index contributed by atoms with van der Waals surface area (Å²) < 4.78 is 37.0. The second-order valence-corrected chi connectivity index (χ2v) is 8.25. The lowest BCUT2D eigenvalue weighted by atomic mass is 10.0. The molecule has 0 bridgehead atoms. The van der Waals surface area contributed by atoms with E-state index in [1.807, 2.05) is 24.3 Å². The Bertz CT molecular complexity index is 1220. The molecule has 2 heterocycles. The van der Waals surface area contributed by atoms with Gasteiger partial charge in [0, 0.05) is 6.20 Å². The van der Waals surface area contributed by atoms with Gasteiger partial charge in [0.15, 0.2) is 17.6 Å². The van der Waals surface area contributed by atoms with Crippen molar-refractivity contribution in [1.82, 2.24) is 14.8 Å². The second kappa shape index (κ2) is 9.31. The van der Waals surface area contributed by atoms with Crippen LogP contribution in [0.1, 0.15) is 35.8 Å². The van der Waals surface area contributed by atoms with Gasteiger partial charge in [-0.1, -0.05) is 37.3 Å². The largest absolute Gasteiger partial charge is 0.471 e. The minimum Gasteiger partial charge on any atom is -0.471 e. The van der Waals surface area contributed by atoms with Crippen LogP contribution in [-0.4, -0.2) is 27.3 Å². The van der Waals surface area contributed by atoms with Crippen molar-refractivity contribution in [3.8, 4) is 11.5 Å². The van der Waals surface area contributed by atoms with E-state index in [0.717, 1.165) is 11.3 Å². The van der Waals surface area contributed by atoms with Crippen LogP contribution in [-0.2, 0) is 6.73 Å². The van der Waals surface area contributed by atoms with Crippen molar-refractivity contribution in [1.29, 1.82) is 0 Å². The van der Waals surface area contributed by atoms with Gasteiger partial charge in [-0.3, -0.25) is 10.1 Å². The number of fused-ring (bicyclic) bond motifs is 1. The molecule has 0 aliphatic rings. The molecule has 0 aliphatic carbocycles. The SMILES string of the molecule is CC(C)c1ccc(OCn2ccc(C(=O)Nc3nc4ccc(OC(F)F)cc4s3)n2)cc1. The fourth-order valence-corrected chi connectivity index (χ4v) is 3.83. The Morgan fingerprint density at radius 1 is 1.12 bits per heavy atom. The molecule has 2 aromatic heterocycles. The Morgan fingerprint density at radius 3 is 2.59 bits per heavy atom. The van der Waals surface area contributed by atoms with E-state index in [1.54, 1.807) is 18.3 Å². The van der Waals surface area contributed by atoms with Crippen LogP contribution in [0, 0.1) is 0 Å². The molecule has 0 saturated carbocycles. The molecule has 0 saturated heterocycles. The van der Waals surface area contributed by atoms with Crippen LogP contribution in [0.15, 0.2) is 54.7 Å². The number of alkyl halides is 2. The Balaban J connectivity index is 1.37. The van der Waals surface area contributed by atoms with Crippen molar-refractivity contribution in [3.05, 3.63) is 66.0 Å². The number of hydrogen-bond acceptors (Lipinski definition) is 6. The molecule has 4 aromatic rings. The molecule has 2 aromatic carbocycles. The van der Waals surface area contributed by atoms with Gasteiger partial charge in [-0.2, -0.15) is 13.9 Å². The van der Waals surface area contributed by atoms with Gasteiger partial charge < -0.3 is 9.47 Å². The van der Waals surface area contributed by atoms with Crippen LogP contribution in [0.25, 0.3) is 10.2 Å². The lowest BCUT2D eigenvalue weighted by molar-refractivity contribution is -0.0497. The maximum absolute atomic E-state index is 12.5. The van der Waals surface area contributed by atoms with E-state index in [-0.39, 0.29) is 18.2 Å². The van der Waals surface area contributed by atoms with Gasteiger partial charge in [-0.05, 0) is 47.9 Å². The molecule has 1 N–H and O–H groups in total. The number of aromatic nitrogens is 3. The first-order valence-electron chi connectivity index (χ1n) is 9.80. The highest BCUT2D eigenvalue weighted by molar-refractivity contribution is 7.22. The summed E-state index contributed by atoms with van der Waals surface area (Å²) >= 11 is 1.15. The van der Waals surface area contributed by atoms with Crippen LogP contribution >= 0.6 is 11.3 Å². The lowest BCUT2D eigenvalue weighted by Gasteiger charge is -2.09. The molecule has 0 aliphatic heterocycles. The Kier molecular flexibility index (Phi) is 6.31. The Morgan fingerprint density at radius 2 is 1.88 bits per heavy atom. The predicted octanol–water partition coefficient (Wildman–Crippen LogP) is 5.51. The summed E-state index contributed by atoms with van der Waals surface area (Å²) in [6, 6.07) is 13.8. The van der Waals surface area contributed by atoms with Crippen LogP contribution in [0.2, 0.25) is 0 Å². The molecule has 0 spiro atoms. The number of halogens is 2. The van der Waals surface area contributed by atoms with Crippen LogP contribution in [0.3, 0.4) is 0 Å². The number of benzene rings is 2. The minimum absolute atomic E-state index is 0.0339. The maximum Gasteiger partial charge on any atom is 0.387 e. The van der Waals surface area contributed by atoms with Gasteiger partial charge in [0.25, 0.3) is 5.91 Å². The quantitative estimate of drug-likeness (QED) is 0.377. The molecule has 0 fully saturated rings. The zero-order chi connectivity index (χ0) is 22.7. The summed E-state index contributed by atoms with van der Waals surface area (Å²) in [5.74, 6) is 0.750. The number of nitrogens with zero attached hydrogens (tertiary/aromatic N) is 3. The number of rotatable bonds is 8. The van der Waals surface area contributed by atoms with Crippen molar-refractivity contribution >= 4 is 32.6 Å². The first kappa shape index (κ1) is 21.7. The smallest absolute Gasteiger partial charge is 0.387 e. The van der Waals surface area contributed by atoms with Crippen molar-refractivity contribution in [2.24, 2.45) is 0 Å². The monoisotopic (exact) mass is 458 g/mol. The molecule has 0 radical (unpaired) electrons. The molecule has 1 amide bonds. The first-order valence-corrected chi connectivity index (χ1v) is 10.6. The van der Waals surface area contributed by atoms with Gasteiger partial charge in [-0.15, -0.1) is 0 Å². The molecule has 32 heavy (non-hydrogen) atoms. The van der Waals surface area contributed by atoms with Crippen molar-refractivity contribution in [3.63, 3.8) is 0 Å². The number of carbonyl (C=O) groups excluding carboxylic acids is 1. The lowest BCUT2D eigenvalue weighted by Crippen LogP contribution is -2.14. The highest BCUT2D eigenvalue weighted by Gasteiger charge is 2.14. The fraction of sp³-hybridized carbons (Fsp3) is 0.227. The zero-order valence-electron chi connectivity index (χ0n) is 17.3. The highest BCUT2D eigenvalue weighted by Crippen LogP contribution is 2.30. The average Bonchev–Trinajstić information content (AvgIpc) is 3.38. The van der Waals surface area contributed by atoms with Gasteiger partial charge >= 0.3 is 6.61 Å². The number of hydrogen-bond donors (Lipinski definition) is 1. The predicted molar refractivity (Wildman–Crippen MR) is 118 cm³/mol. The van der Waals surface area contributed by atoms with E-state index in [0.29, 0.717) is 27.0 Å². The Hall–Kier alpha value is -3.53. The molecule has 166 valence electrons. The van der Waals surface area contributed by atoms with Crippen LogP contribution in [0.4, 0.5) is 13.9 Å². The first-order chi connectivity index (χ1) is 15.4. The molecule has 10 heteroatoms. The van der Waals surface area contributed by atoms with Gasteiger partial charge in [-0.25, -0.2) is 9.67 Å². The van der Waals surface area contributed by atoms with E-state index in [9.17, 15) is 13.6 Å². The van der Waals surface area contributed by atoms with Crippen molar-refractivity contribution in [2.75, 3.05) is 5.32 Å². The van der Waals surface area contributed by atoms with Crippen molar-refractivity contribution < 1.29 is 23.0 Å². The van der Waals surface area contributed by atoms with E-state index in [1.165, 1.54) is 22.4 Å². The van der Waals surface area contributed by atoms with Gasteiger partial charge in [0.1, 0.15) is 11.5 Å². The van der Waals surface area contributed by atoms with E-state index in [4.69, 9.17) is 4.74 Å². The number of anilines is 1. The third-order valence-corrected chi connectivity index (χ3v) is 5.52. The normalized spacial score (nSPS) is 11.3. The van der Waals surface area contributed by atoms with Crippen LogP contribution in [0.5, 0.6) is 11.5 Å². The number of ether oxygens (including phenoxy) is 2. The van der Waals surface area contributed by atoms with E-state index in [2.05, 4.69) is 34.0 Å².